The molecule has 0 heterocycles. The van der Waals surface area contributed by atoms with Crippen molar-refractivity contribution in [3.63, 3.8) is 0 Å². The Morgan fingerprint density at radius 1 is 1.29 bits per heavy atom. The third-order valence-corrected chi connectivity index (χ3v) is 2.51. The Morgan fingerprint density at radius 2 is 1.94 bits per heavy atom. The molecule has 0 saturated carbocycles. The third kappa shape index (κ3) is 4.54. The van der Waals surface area contributed by atoms with Gasteiger partial charge in [-0.3, -0.25) is 4.79 Å². The van der Waals surface area contributed by atoms with E-state index in [1.54, 1.807) is 26.1 Å². The minimum absolute atomic E-state index is 0.0780. The first-order chi connectivity index (χ1) is 8.15. The summed E-state index contributed by atoms with van der Waals surface area (Å²) in [4.78, 5) is 13.0. The Labute approximate surface area is 103 Å². The molecule has 0 atom stereocenters. The van der Waals surface area contributed by atoms with Gasteiger partial charge in [0.1, 0.15) is 0 Å². The van der Waals surface area contributed by atoms with Gasteiger partial charge in [-0.2, -0.15) is 0 Å². The van der Waals surface area contributed by atoms with Gasteiger partial charge in [0.25, 0.3) is 0 Å². The summed E-state index contributed by atoms with van der Waals surface area (Å²) in [5.41, 5.74) is 2.32. The lowest BCUT2D eigenvalue weighted by molar-refractivity contribution is -0.127. The van der Waals surface area contributed by atoms with Crippen molar-refractivity contribution in [1.82, 2.24) is 10.2 Å². The molecule has 94 valence electrons. The van der Waals surface area contributed by atoms with Crippen LogP contribution in [-0.2, 0) is 22.7 Å². The van der Waals surface area contributed by atoms with E-state index in [0.29, 0.717) is 19.7 Å². The lowest BCUT2D eigenvalue weighted by Crippen LogP contribution is -2.32. The fourth-order valence-electron chi connectivity index (χ4n) is 1.49. The van der Waals surface area contributed by atoms with Crippen molar-refractivity contribution in [2.75, 3.05) is 27.7 Å². The van der Waals surface area contributed by atoms with Crippen LogP contribution in [-0.4, -0.2) is 38.6 Å². The molecule has 0 bridgehead atoms. The van der Waals surface area contributed by atoms with Crippen LogP contribution in [0.4, 0.5) is 0 Å². The quantitative estimate of drug-likeness (QED) is 0.801. The van der Waals surface area contributed by atoms with Crippen LogP contribution in [0.5, 0.6) is 0 Å². The molecule has 0 aliphatic rings. The van der Waals surface area contributed by atoms with E-state index < -0.39 is 0 Å². The SMILES string of the molecule is COCc1ccccc1CNCC(=O)N(C)C. The van der Waals surface area contributed by atoms with E-state index in [1.807, 2.05) is 24.3 Å². The number of hydrogen-bond donors (Lipinski definition) is 1. The summed E-state index contributed by atoms with van der Waals surface area (Å²) in [5, 5.41) is 3.13. The molecule has 1 amide bonds. The molecular formula is C13H20N2O2. The lowest BCUT2D eigenvalue weighted by Gasteiger charge is -2.12. The number of nitrogens with one attached hydrogen (secondary N) is 1. The first kappa shape index (κ1) is 13.7. The van der Waals surface area contributed by atoms with Gasteiger partial charge in [0, 0.05) is 27.7 Å². The number of methoxy groups -OCH3 is 1. The summed E-state index contributed by atoms with van der Waals surface area (Å²) in [6.45, 7) is 1.63. The summed E-state index contributed by atoms with van der Waals surface area (Å²) < 4.78 is 5.13. The van der Waals surface area contributed by atoms with E-state index in [9.17, 15) is 4.79 Å². The van der Waals surface area contributed by atoms with Crippen LogP contribution in [0.15, 0.2) is 24.3 Å². The minimum Gasteiger partial charge on any atom is -0.380 e. The van der Waals surface area contributed by atoms with Crippen molar-refractivity contribution in [1.29, 1.82) is 0 Å². The Kier molecular flexibility index (Phi) is 5.66. The molecule has 0 fully saturated rings. The van der Waals surface area contributed by atoms with Crippen molar-refractivity contribution in [2.45, 2.75) is 13.2 Å². The molecule has 4 heteroatoms. The van der Waals surface area contributed by atoms with E-state index in [0.717, 1.165) is 5.56 Å². The zero-order chi connectivity index (χ0) is 12.7. The van der Waals surface area contributed by atoms with Crippen molar-refractivity contribution in [2.24, 2.45) is 0 Å². The molecule has 17 heavy (non-hydrogen) atoms. The second-order valence-corrected chi connectivity index (χ2v) is 4.09. The molecule has 0 radical (unpaired) electrons. The maximum Gasteiger partial charge on any atom is 0.236 e. The first-order valence-electron chi connectivity index (χ1n) is 5.61. The third-order valence-electron chi connectivity index (χ3n) is 2.51. The van der Waals surface area contributed by atoms with Crippen molar-refractivity contribution < 1.29 is 9.53 Å². The van der Waals surface area contributed by atoms with Gasteiger partial charge < -0.3 is 15.0 Å². The fourth-order valence-corrected chi connectivity index (χ4v) is 1.49. The fraction of sp³-hybridized carbons (Fsp3) is 0.462. The van der Waals surface area contributed by atoms with Gasteiger partial charge in [0.15, 0.2) is 0 Å². The Bertz CT molecular complexity index is 364. The molecule has 0 spiro atoms. The molecular weight excluding hydrogens is 216 g/mol. The van der Waals surface area contributed by atoms with E-state index in [-0.39, 0.29) is 5.91 Å². The highest BCUT2D eigenvalue weighted by atomic mass is 16.5. The van der Waals surface area contributed by atoms with Crippen LogP contribution in [0.3, 0.4) is 0 Å². The van der Waals surface area contributed by atoms with E-state index in [1.165, 1.54) is 5.56 Å². The molecule has 1 rings (SSSR count). The second kappa shape index (κ2) is 7.04. The van der Waals surface area contributed by atoms with Gasteiger partial charge in [0.05, 0.1) is 13.2 Å². The molecule has 0 aliphatic heterocycles. The smallest absolute Gasteiger partial charge is 0.236 e. The topological polar surface area (TPSA) is 41.6 Å². The molecule has 1 aromatic rings. The molecule has 1 N–H and O–H groups in total. The number of carbonyl (C=O) groups excluding carboxylic acids is 1. The first-order valence-corrected chi connectivity index (χ1v) is 5.61. The van der Waals surface area contributed by atoms with E-state index in [2.05, 4.69) is 5.32 Å². The lowest BCUT2D eigenvalue weighted by atomic mass is 10.1. The highest BCUT2D eigenvalue weighted by Crippen LogP contribution is 2.09. The van der Waals surface area contributed by atoms with E-state index >= 15 is 0 Å². The van der Waals surface area contributed by atoms with Gasteiger partial charge in [-0.05, 0) is 11.1 Å². The van der Waals surface area contributed by atoms with Gasteiger partial charge in [-0.1, -0.05) is 24.3 Å². The van der Waals surface area contributed by atoms with Crippen molar-refractivity contribution in [3.8, 4) is 0 Å². The number of benzene rings is 1. The van der Waals surface area contributed by atoms with Crippen LogP contribution in [0.1, 0.15) is 11.1 Å². The average Bonchev–Trinajstić information content (AvgIpc) is 2.31. The van der Waals surface area contributed by atoms with Gasteiger partial charge in [-0.15, -0.1) is 0 Å². The predicted octanol–water partition coefficient (Wildman–Crippen LogP) is 1.01. The number of carbonyl (C=O) groups is 1. The predicted molar refractivity (Wildman–Crippen MR) is 67.6 cm³/mol. The van der Waals surface area contributed by atoms with Crippen LogP contribution >= 0.6 is 0 Å². The summed E-state index contributed by atoms with van der Waals surface area (Å²) in [5.74, 6) is 0.0780. The maximum atomic E-state index is 11.4. The van der Waals surface area contributed by atoms with Gasteiger partial charge in [0.2, 0.25) is 5.91 Å². The summed E-state index contributed by atoms with van der Waals surface area (Å²) in [7, 11) is 5.19. The van der Waals surface area contributed by atoms with Crippen LogP contribution in [0.2, 0.25) is 0 Å². The Hall–Kier alpha value is -1.39. The monoisotopic (exact) mass is 236 g/mol. The highest BCUT2D eigenvalue weighted by Gasteiger charge is 2.04. The number of likely N-dealkylation sites (N-methyl/N-ethyl adjacent to an activating group) is 1. The average molecular weight is 236 g/mol. The molecule has 1 aromatic carbocycles. The molecule has 0 saturated heterocycles. The number of ether oxygens (including phenoxy) is 1. The van der Waals surface area contributed by atoms with E-state index in [4.69, 9.17) is 4.74 Å². The van der Waals surface area contributed by atoms with Crippen LogP contribution < -0.4 is 5.32 Å². The number of hydrogen-bond acceptors (Lipinski definition) is 3. The Balaban J connectivity index is 2.48. The number of nitrogens with zero attached hydrogens (tertiary/aromatic N) is 1. The van der Waals surface area contributed by atoms with Gasteiger partial charge in [-0.25, -0.2) is 0 Å². The molecule has 4 nitrogen and oxygen atoms in total. The minimum atomic E-state index is 0.0780. The standard InChI is InChI=1S/C13H20N2O2/c1-15(2)13(16)9-14-8-11-6-4-5-7-12(11)10-17-3/h4-7,14H,8-10H2,1-3H3. The highest BCUT2D eigenvalue weighted by molar-refractivity contribution is 5.77. The zero-order valence-electron chi connectivity index (χ0n) is 10.7. The molecule has 0 aromatic heterocycles. The maximum absolute atomic E-state index is 11.4. The largest absolute Gasteiger partial charge is 0.380 e. The van der Waals surface area contributed by atoms with Crippen molar-refractivity contribution >= 4 is 5.91 Å². The number of rotatable bonds is 6. The van der Waals surface area contributed by atoms with Crippen LogP contribution in [0.25, 0.3) is 0 Å². The second-order valence-electron chi connectivity index (χ2n) is 4.09. The van der Waals surface area contributed by atoms with Crippen LogP contribution in [0, 0.1) is 0 Å². The summed E-state index contributed by atoms with van der Waals surface area (Å²) in [6, 6.07) is 8.06. The summed E-state index contributed by atoms with van der Waals surface area (Å²) in [6.07, 6.45) is 0. The zero-order valence-corrected chi connectivity index (χ0v) is 10.7. The number of amides is 1. The molecule has 0 unspecified atom stereocenters. The van der Waals surface area contributed by atoms with Crippen molar-refractivity contribution in [3.05, 3.63) is 35.4 Å². The Morgan fingerprint density at radius 3 is 2.53 bits per heavy atom. The summed E-state index contributed by atoms with van der Waals surface area (Å²) >= 11 is 0. The van der Waals surface area contributed by atoms with Gasteiger partial charge >= 0.3 is 0 Å². The normalized spacial score (nSPS) is 10.3. The molecule has 0 aliphatic carbocycles.